The van der Waals surface area contributed by atoms with E-state index in [-0.39, 0.29) is 5.91 Å². The molecule has 19 heavy (non-hydrogen) atoms. The first-order chi connectivity index (χ1) is 9.01. The highest BCUT2D eigenvalue weighted by molar-refractivity contribution is 6.35. The summed E-state index contributed by atoms with van der Waals surface area (Å²) in [7, 11) is 0. The Bertz CT molecular complexity index is 622. The Kier molecular flexibility index (Phi) is 4.02. The molecule has 100 valence electrons. The van der Waals surface area contributed by atoms with Gasteiger partial charge in [-0.05, 0) is 31.2 Å². The first-order valence-corrected chi connectivity index (χ1v) is 6.49. The summed E-state index contributed by atoms with van der Waals surface area (Å²) in [4.78, 5) is 12.2. The summed E-state index contributed by atoms with van der Waals surface area (Å²) >= 11 is 11.9. The van der Waals surface area contributed by atoms with Crippen LogP contribution in [0.1, 0.15) is 17.4 Å². The lowest BCUT2D eigenvalue weighted by molar-refractivity contribution is 0.101. The van der Waals surface area contributed by atoms with Gasteiger partial charge in [0.2, 0.25) is 0 Å². The summed E-state index contributed by atoms with van der Waals surface area (Å²) in [6, 6.07) is 6.51. The smallest absolute Gasteiger partial charge is 0.272 e. The molecule has 1 aromatic heterocycles. The molecule has 0 radical (unpaired) electrons. The van der Waals surface area contributed by atoms with E-state index >= 15 is 0 Å². The molecule has 1 aromatic carbocycles. The minimum Gasteiger partial charge on any atom is -0.397 e. The zero-order valence-corrected chi connectivity index (χ0v) is 11.8. The molecule has 0 aliphatic carbocycles. The Balaban J connectivity index is 2.27. The van der Waals surface area contributed by atoms with E-state index in [1.54, 1.807) is 35.0 Å². The lowest BCUT2D eigenvalue weighted by atomic mass is 10.3. The number of halogens is 2. The average Bonchev–Trinajstić information content (AvgIpc) is 2.75. The number of carbonyl (C=O) groups excluding carboxylic acids is 1. The van der Waals surface area contributed by atoms with Crippen LogP contribution < -0.4 is 11.1 Å². The van der Waals surface area contributed by atoms with Gasteiger partial charge in [0.1, 0.15) is 5.69 Å². The number of nitrogens with one attached hydrogen (secondary N) is 1. The maximum absolute atomic E-state index is 12.2. The Labute approximate surface area is 121 Å². The molecular weight excluding hydrogens is 285 g/mol. The second kappa shape index (κ2) is 5.55. The normalized spacial score (nSPS) is 10.5. The van der Waals surface area contributed by atoms with E-state index in [1.807, 2.05) is 6.92 Å². The second-order valence-corrected chi connectivity index (χ2v) is 4.87. The van der Waals surface area contributed by atoms with Crippen molar-refractivity contribution in [3.8, 4) is 0 Å². The van der Waals surface area contributed by atoms with Crippen LogP contribution in [0, 0.1) is 0 Å². The van der Waals surface area contributed by atoms with Gasteiger partial charge >= 0.3 is 0 Å². The zero-order valence-electron chi connectivity index (χ0n) is 10.3. The Morgan fingerprint density at radius 1 is 1.37 bits per heavy atom. The summed E-state index contributed by atoms with van der Waals surface area (Å²) in [5, 5.41) is 3.66. The number of nitrogens with zero attached hydrogens (tertiary/aromatic N) is 1. The van der Waals surface area contributed by atoms with Crippen LogP contribution in [0.4, 0.5) is 11.4 Å². The summed E-state index contributed by atoms with van der Waals surface area (Å²) in [6.07, 6.45) is 1.72. The number of aromatic nitrogens is 1. The van der Waals surface area contributed by atoms with Gasteiger partial charge in [-0.15, -0.1) is 0 Å². The van der Waals surface area contributed by atoms with Crippen molar-refractivity contribution < 1.29 is 4.79 Å². The molecule has 0 saturated heterocycles. The van der Waals surface area contributed by atoms with Crippen LogP contribution in [0.3, 0.4) is 0 Å². The van der Waals surface area contributed by atoms with Gasteiger partial charge in [0.15, 0.2) is 0 Å². The maximum Gasteiger partial charge on any atom is 0.272 e. The third-order valence-corrected chi connectivity index (χ3v) is 3.23. The Morgan fingerprint density at radius 3 is 2.79 bits per heavy atom. The molecule has 0 fully saturated rings. The molecule has 0 saturated carbocycles. The van der Waals surface area contributed by atoms with Crippen LogP contribution in [-0.4, -0.2) is 10.5 Å². The van der Waals surface area contributed by atoms with Crippen molar-refractivity contribution in [1.82, 2.24) is 4.57 Å². The molecule has 6 heteroatoms. The highest BCUT2D eigenvalue weighted by Crippen LogP contribution is 2.26. The van der Waals surface area contributed by atoms with Gasteiger partial charge < -0.3 is 15.6 Å². The van der Waals surface area contributed by atoms with Crippen LogP contribution in [0.2, 0.25) is 10.0 Å². The molecule has 0 aliphatic rings. The number of nitrogen functional groups attached to an aromatic ring is 1. The first-order valence-electron chi connectivity index (χ1n) is 5.73. The number of hydrogen-bond donors (Lipinski definition) is 2. The van der Waals surface area contributed by atoms with Crippen molar-refractivity contribution in [3.05, 3.63) is 46.2 Å². The van der Waals surface area contributed by atoms with Crippen molar-refractivity contribution in [3.63, 3.8) is 0 Å². The molecule has 2 aromatic rings. The molecule has 0 bridgehead atoms. The number of carbonyl (C=O) groups is 1. The van der Waals surface area contributed by atoms with E-state index in [0.717, 1.165) is 0 Å². The van der Waals surface area contributed by atoms with E-state index in [1.165, 1.54) is 0 Å². The third-order valence-electron chi connectivity index (χ3n) is 2.67. The Morgan fingerprint density at radius 2 is 2.11 bits per heavy atom. The van der Waals surface area contributed by atoms with Crippen molar-refractivity contribution in [1.29, 1.82) is 0 Å². The molecule has 2 rings (SSSR count). The highest BCUT2D eigenvalue weighted by atomic mass is 35.5. The van der Waals surface area contributed by atoms with Gasteiger partial charge in [-0.25, -0.2) is 0 Å². The predicted molar refractivity (Wildman–Crippen MR) is 78.9 cm³/mol. The molecule has 0 aliphatic heterocycles. The molecule has 0 unspecified atom stereocenters. The van der Waals surface area contributed by atoms with E-state index in [4.69, 9.17) is 28.9 Å². The van der Waals surface area contributed by atoms with Crippen molar-refractivity contribution in [2.24, 2.45) is 0 Å². The van der Waals surface area contributed by atoms with Crippen LogP contribution >= 0.6 is 23.2 Å². The summed E-state index contributed by atoms with van der Waals surface area (Å²) in [5.74, 6) is -0.275. The van der Waals surface area contributed by atoms with E-state index in [2.05, 4.69) is 5.32 Å². The number of aryl methyl sites for hydroxylation is 1. The molecule has 1 amide bonds. The van der Waals surface area contributed by atoms with E-state index in [0.29, 0.717) is 33.7 Å². The summed E-state index contributed by atoms with van der Waals surface area (Å²) in [5.41, 5.74) is 7.19. The van der Waals surface area contributed by atoms with E-state index in [9.17, 15) is 4.79 Å². The van der Waals surface area contributed by atoms with Gasteiger partial charge in [-0.1, -0.05) is 23.2 Å². The molecule has 3 N–H and O–H groups in total. The first kappa shape index (κ1) is 13.8. The number of nitrogens with two attached hydrogens (primary N) is 1. The number of anilines is 2. The van der Waals surface area contributed by atoms with Gasteiger partial charge in [0.25, 0.3) is 5.91 Å². The fourth-order valence-corrected chi connectivity index (χ4v) is 2.10. The fourth-order valence-electron chi connectivity index (χ4n) is 1.76. The maximum atomic E-state index is 12.2. The quantitative estimate of drug-likeness (QED) is 0.908. The molecule has 4 nitrogen and oxygen atoms in total. The van der Waals surface area contributed by atoms with Crippen LogP contribution in [0.5, 0.6) is 0 Å². The summed E-state index contributed by atoms with van der Waals surface area (Å²) in [6.45, 7) is 2.59. The van der Waals surface area contributed by atoms with Crippen molar-refractivity contribution in [2.75, 3.05) is 11.1 Å². The van der Waals surface area contributed by atoms with E-state index < -0.39 is 0 Å². The molecular formula is C13H13Cl2N3O. The topological polar surface area (TPSA) is 60.0 Å². The molecule has 0 atom stereocenters. The largest absolute Gasteiger partial charge is 0.397 e. The van der Waals surface area contributed by atoms with Crippen molar-refractivity contribution in [2.45, 2.75) is 13.5 Å². The minimum atomic E-state index is -0.275. The lowest BCUT2D eigenvalue weighted by Gasteiger charge is -2.09. The number of amides is 1. The third kappa shape index (κ3) is 3.03. The van der Waals surface area contributed by atoms with Crippen molar-refractivity contribution >= 4 is 40.5 Å². The zero-order chi connectivity index (χ0) is 14.0. The second-order valence-electron chi connectivity index (χ2n) is 4.02. The van der Waals surface area contributed by atoms with Gasteiger partial charge in [0.05, 0.1) is 16.4 Å². The number of benzene rings is 1. The fraction of sp³-hybridized carbons (Fsp3) is 0.154. The van der Waals surface area contributed by atoms with Crippen LogP contribution in [-0.2, 0) is 6.54 Å². The number of hydrogen-bond acceptors (Lipinski definition) is 2. The average molecular weight is 298 g/mol. The molecule has 1 heterocycles. The number of rotatable bonds is 3. The standard InChI is InChI=1S/C13H13Cl2N3O/c1-2-18-7-9(16)6-12(18)13(19)17-11-5-8(14)3-4-10(11)15/h3-7H,2,16H2,1H3,(H,17,19). The Hall–Kier alpha value is -1.65. The van der Waals surface area contributed by atoms with Gasteiger partial charge in [0, 0.05) is 17.8 Å². The monoisotopic (exact) mass is 297 g/mol. The molecule has 0 spiro atoms. The highest BCUT2D eigenvalue weighted by Gasteiger charge is 2.13. The van der Waals surface area contributed by atoms with Gasteiger partial charge in [-0.2, -0.15) is 0 Å². The lowest BCUT2D eigenvalue weighted by Crippen LogP contribution is -2.16. The van der Waals surface area contributed by atoms with Crippen LogP contribution in [0.25, 0.3) is 0 Å². The van der Waals surface area contributed by atoms with Crippen LogP contribution in [0.15, 0.2) is 30.5 Å². The summed E-state index contributed by atoms with van der Waals surface area (Å²) < 4.78 is 1.77. The predicted octanol–water partition coefficient (Wildman–Crippen LogP) is 3.65. The SMILES string of the molecule is CCn1cc(N)cc1C(=O)Nc1cc(Cl)ccc1Cl. The minimum absolute atomic E-state index is 0.275. The van der Waals surface area contributed by atoms with Gasteiger partial charge in [-0.3, -0.25) is 4.79 Å².